The van der Waals surface area contributed by atoms with Crippen LogP contribution < -0.4 is 10.1 Å². The van der Waals surface area contributed by atoms with E-state index in [0.717, 1.165) is 5.56 Å². The first-order valence-electron chi connectivity index (χ1n) is 7.94. The van der Waals surface area contributed by atoms with E-state index in [1.54, 1.807) is 32.0 Å². The number of nitrogens with one attached hydrogen (secondary N) is 1. The molecule has 0 atom stereocenters. The van der Waals surface area contributed by atoms with Crippen molar-refractivity contribution in [1.29, 1.82) is 0 Å². The molecule has 1 heterocycles. The van der Waals surface area contributed by atoms with Crippen molar-refractivity contribution in [2.75, 3.05) is 12.4 Å². The van der Waals surface area contributed by atoms with E-state index >= 15 is 0 Å². The molecule has 0 aliphatic rings. The molecular formula is C18H16N4O5. The largest absolute Gasteiger partial charge is 0.497 e. The van der Waals surface area contributed by atoms with Crippen LogP contribution >= 0.6 is 0 Å². The summed E-state index contributed by atoms with van der Waals surface area (Å²) in [5, 5.41) is 17.6. The Kier molecular flexibility index (Phi) is 4.84. The van der Waals surface area contributed by atoms with Gasteiger partial charge in [0.15, 0.2) is 5.82 Å². The maximum absolute atomic E-state index is 12.6. The zero-order chi connectivity index (χ0) is 19.6. The van der Waals surface area contributed by atoms with Crippen LogP contribution in [0.4, 0.5) is 11.4 Å². The highest BCUT2D eigenvalue weighted by Gasteiger charge is 2.22. The van der Waals surface area contributed by atoms with Crippen molar-refractivity contribution < 1.29 is 19.0 Å². The third kappa shape index (κ3) is 3.76. The number of methoxy groups -OCH3 is 1. The number of hydrogen-bond donors (Lipinski definition) is 1. The summed E-state index contributed by atoms with van der Waals surface area (Å²) in [7, 11) is 1.42. The Bertz CT molecular complexity index is 1030. The minimum Gasteiger partial charge on any atom is -0.497 e. The van der Waals surface area contributed by atoms with Crippen LogP contribution in [0.1, 0.15) is 21.7 Å². The standard InChI is InChI=1S/C18H16N4O5/c1-10-8-12(18-19-11(2)21-27-18)4-6-15(10)20-17(23)14-9-13(26-3)5-7-16(14)22(24)25/h4-9H,1-3H3,(H,20,23). The van der Waals surface area contributed by atoms with Gasteiger partial charge in [-0.3, -0.25) is 14.9 Å². The summed E-state index contributed by atoms with van der Waals surface area (Å²) in [6.45, 7) is 3.51. The lowest BCUT2D eigenvalue weighted by molar-refractivity contribution is -0.385. The molecule has 9 heteroatoms. The van der Waals surface area contributed by atoms with Crippen LogP contribution in [-0.2, 0) is 0 Å². The third-order valence-electron chi connectivity index (χ3n) is 3.89. The highest BCUT2D eigenvalue weighted by Crippen LogP contribution is 2.27. The molecule has 0 fully saturated rings. The summed E-state index contributed by atoms with van der Waals surface area (Å²) >= 11 is 0. The molecule has 1 N–H and O–H groups in total. The molecule has 27 heavy (non-hydrogen) atoms. The van der Waals surface area contributed by atoms with E-state index in [0.29, 0.717) is 28.7 Å². The molecular weight excluding hydrogens is 352 g/mol. The summed E-state index contributed by atoms with van der Waals surface area (Å²) in [5.41, 5.74) is 1.57. The van der Waals surface area contributed by atoms with Crippen molar-refractivity contribution in [3.63, 3.8) is 0 Å². The highest BCUT2D eigenvalue weighted by molar-refractivity contribution is 6.07. The van der Waals surface area contributed by atoms with Gasteiger partial charge in [0.1, 0.15) is 11.3 Å². The van der Waals surface area contributed by atoms with E-state index in [9.17, 15) is 14.9 Å². The molecule has 0 unspecified atom stereocenters. The van der Waals surface area contributed by atoms with E-state index in [4.69, 9.17) is 9.26 Å². The number of carbonyl (C=O) groups is 1. The zero-order valence-electron chi connectivity index (χ0n) is 14.8. The Morgan fingerprint density at radius 3 is 2.59 bits per heavy atom. The van der Waals surface area contributed by atoms with Crippen molar-refractivity contribution in [1.82, 2.24) is 10.1 Å². The van der Waals surface area contributed by atoms with E-state index in [2.05, 4.69) is 15.5 Å². The van der Waals surface area contributed by atoms with Gasteiger partial charge in [-0.1, -0.05) is 5.16 Å². The molecule has 2 aromatic carbocycles. The van der Waals surface area contributed by atoms with Gasteiger partial charge in [-0.15, -0.1) is 0 Å². The molecule has 0 aliphatic heterocycles. The van der Waals surface area contributed by atoms with Crippen molar-refractivity contribution in [2.24, 2.45) is 0 Å². The van der Waals surface area contributed by atoms with Crippen LogP contribution in [0.2, 0.25) is 0 Å². The molecule has 1 aromatic heterocycles. The number of amides is 1. The first-order chi connectivity index (χ1) is 12.9. The SMILES string of the molecule is COc1ccc([N+](=O)[O-])c(C(=O)Nc2ccc(-c3nc(C)no3)cc2C)c1. The third-order valence-corrected chi connectivity index (χ3v) is 3.89. The van der Waals surface area contributed by atoms with Crippen LogP contribution in [0, 0.1) is 24.0 Å². The molecule has 0 aliphatic carbocycles. The van der Waals surface area contributed by atoms with Crippen LogP contribution in [0.25, 0.3) is 11.5 Å². The fourth-order valence-corrected chi connectivity index (χ4v) is 2.52. The van der Waals surface area contributed by atoms with Crippen LogP contribution in [0.15, 0.2) is 40.9 Å². The summed E-state index contributed by atoms with van der Waals surface area (Å²) in [6, 6.07) is 9.17. The number of aryl methyl sites for hydroxylation is 2. The van der Waals surface area contributed by atoms with E-state index in [1.807, 2.05) is 0 Å². The number of hydrogen-bond acceptors (Lipinski definition) is 7. The summed E-state index contributed by atoms with van der Waals surface area (Å²) < 4.78 is 10.2. The number of nitro groups is 1. The minimum atomic E-state index is -0.609. The lowest BCUT2D eigenvalue weighted by Crippen LogP contribution is -2.15. The lowest BCUT2D eigenvalue weighted by Gasteiger charge is -2.10. The van der Waals surface area contributed by atoms with Crippen LogP contribution in [0.5, 0.6) is 5.75 Å². The zero-order valence-corrected chi connectivity index (χ0v) is 14.8. The first kappa shape index (κ1) is 18.1. The molecule has 0 saturated heterocycles. The number of nitrogens with zero attached hydrogens (tertiary/aromatic N) is 3. The Morgan fingerprint density at radius 2 is 2.00 bits per heavy atom. The van der Waals surface area contributed by atoms with E-state index < -0.39 is 10.8 Å². The van der Waals surface area contributed by atoms with Crippen molar-refractivity contribution in [2.45, 2.75) is 13.8 Å². The topological polar surface area (TPSA) is 120 Å². The van der Waals surface area contributed by atoms with Gasteiger partial charge < -0.3 is 14.6 Å². The normalized spacial score (nSPS) is 10.5. The molecule has 138 valence electrons. The van der Waals surface area contributed by atoms with Crippen LogP contribution in [0.3, 0.4) is 0 Å². The monoisotopic (exact) mass is 368 g/mol. The van der Waals surface area contributed by atoms with Gasteiger partial charge in [0.2, 0.25) is 0 Å². The van der Waals surface area contributed by atoms with Gasteiger partial charge in [0.05, 0.1) is 12.0 Å². The maximum Gasteiger partial charge on any atom is 0.282 e. The predicted molar refractivity (Wildman–Crippen MR) is 96.8 cm³/mol. The molecule has 9 nitrogen and oxygen atoms in total. The number of ether oxygens (including phenoxy) is 1. The Balaban J connectivity index is 1.89. The van der Waals surface area contributed by atoms with E-state index in [1.165, 1.54) is 25.3 Å². The molecule has 0 spiro atoms. The average Bonchev–Trinajstić information content (AvgIpc) is 3.09. The first-order valence-corrected chi connectivity index (χ1v) is 7.94. The number of benzene rings is 2. The average molecular weight is 368 g/mol. The fourth-order valence-electron chi connectivity index (χ4n) is 2.52. The Morgan fingerprint density at radius 1 is 1.22 bits per heavy atom. The molecule has 0 saturated carbocycles. The van der Waals surface area contributed by atoms with Gasteiger partial charge in [-0.25, -0.2) is 0 Å². The molecule has 1 amide bonds. The van der Waals surface area contributed by atoms with Crippen LogP contribution in [-0.4, -0.2) is 28.1 Å². The number of nitro benzene ring substituents is 1. The molecule has 0 radical (unpaired) electrons. The summed E-state index contributed by atoms with van der Waals surface area (Å²) in [5.74, 6) is 0.636. The van der Waals surface area contributed by atoms with Gasteiger partial charge in [-0.2, -0.15) is 4.98 Å². The number of rotatable bonds is 5. The quantitative estimate of drug-likeness (QED) is 0.540. The molecule has 3 rings (SSSR count). The smallest absolute Gasteiger partial charge is 0.282 e. The maximum atomic E-state index is 12.6. The van der Waals surface area contributed by atoms with E-state index in [-0.39, 0.29) is 11.3 Å². The number of anilines is 1. The minimum absolute atomic E-state index is 0.0876. The van der Waals surface area contributed by atoms with Gasteiger partial charge in [0, 0.05) is 17.3 Å². The number of carbonyl (C=O) groups excluding carboxylic acids is 1. The fraction of sp³-hybridized carbons (Fsp3) is 0.167. The Hall–Kier alpha value is -3.75. The number of aromatic nitrogens is 2. The second kappa shape index (κ2) is 7.24. The Labute approximate surface area is 154 Å². The highest BCUT2D eigenvalue weighted by atomic mass is 16.6. The van der Waals surface area contributed by atoms with Crippen molar-refractivity contribution in [3.8, 4) is 17.2 Å². The predicted octanol–water partition coefficient (Wildman–Crippen LogP) is 3.52. The summed E-state index contributed by atoms with van der Waals surface area (Å²) in [4.78, 5) is 27.4. The van der Waals surface area contributed by atoms with Crippen molar-refractivity contribution in [3.05, 3.63) is 63.5 Å². The lowest BCUT2D eigenvalue weighted by atomic mass is 10.1. The van der Waals surface area contributed by atoms with Gasteiger partial charge in [-0.05, 0) is 49.7 Å². The second-order valence-corrected chi connectivity index (χ2v) is 5.77. The summed E-state index contributed by atoms with van der Waals surface area (Å²) in [6.07, 6.45) is 0. The van der Waals surface area contributed by atoms with Gasteiger partial charge >= 0.3 is 0 Å². The second-order valence-electron chi connectivity index (χ2n) is 5.77. The van der Waals surface area contributed by atoms with Gasteiger partial charge in [0.25, 0.3) is 17.5 Å². The molecule has 3 aromatic rings. The van der Waals surface area contributed by atoms with Crippen molar-refractivity contribution >= 4 is 17.3 Å². The molecule has 0 bridgehead atoms.